The van der Waals surface area contributed by atoms with Crippen LogP contribution in [-0.4, -0.2) is 11.9 Å². The third kappa shape index (κ3) is 1840. The fourth-order valence-corrected chi connectivity index (χ4v) is 0. The van der Waals surface area contributed by atoms with E-state index in [1.165, 1.54) is 0 Å². The van der Waals surface area contributed by atoms with Gasteiger partial charge in [0, 0.05) is 11.9 Å². The van der Waals surface area contributed by atoms with Gasteiger partial charge in [-0.3, -0.25) is 0 Å². The molecule has 0 saturated heterocycles. The molecule has 0 fully saturated rings. The molecule has 0 bridgehead atoms. The normalized spacial score (nSPS) is 3.85. The topological polar surface area (TPSA) is 212 Å². The molecule has 0 saturated carbocycles. The minimum Gasteiger partial charge on any atom is -0.550 e. The average molecular weight is 253 g/mol. The summed E-state index contributed by atoms with van der Waals surface area (Å²) in [6.07, 6.45) is 0. The molecule has 0 aliphatic heterocycles. The van der Waals surface area contributed by atoms with Crippen molar-refractivity contribution in [2.75, 3.05) is 0 Å². The van der Waals surface area contributed by atoms with Crippen LogP contribution in [-0.2, 0) is 48.0 Å². The largest absolute Gasteiger partial charge is 2.00 e. The van der Waals surface area contributed by atoms with Crippen LogP contribution in [0.15, 0.2) is 0 Å². The SMILES string of the molecule is CC(=O)[O-].CC(=O)[O-].[Ni+2].[OH3+].[OH3+].[OH3+].[OH3+]. The summed E-state index contributed by atoms with van der Waals surface area (Å²) in [6, 6.07) is 0. The van der Waals surface area contributed by atoms with Crippen molar-refractivity contribution in [3.63, 3.8) is 0 Å². The number of hydrogen-bond donors (Lipinski definition) is 0. The van der Waals surface area contributed by atoms with Gasteiger partial charge in [0.05, 0.1) is 0 Å². The number of aliphatic carboxylic acids is 2. The number of carboxylic acids is 2. The summed E-state index contributed by atoms with van der Waals surface area (Å²) in [5.41, 5.74) is 0. The average Bonchev–Trinajstić information content (AvgIpc) is 1.25. The molecule has 0 spiro atoms. The van der Waals surface area contributed by atoms with Gasteiger partial charge in [0.15, 0.2) is 0 Å². The Hall–Kier alpha value is -0.726. The van der Waals surface area contributed by atoms with E-state index in [1.54, 1.807) is 0 Å². The van der Waals surface area contributed by atoms with E-state index in [4.69, 9.17) is 19.8 Å². The molecule has 0 aliphatic rings. The smallest absolute Gasteiger partial charge is 0.550 e. The zero-order valence-electron chi connectivity index (χ0n) is 7.26. The van der Waals surface area contributed by atoms with Gasteiger partial charge in [-0.2, -0.15) is 0 Å². The first-order valence-corrected chi connectivity index (χ1v) is 1.82. The summed E-state index contributed by atoms with van der Waals surface area (Å²) < 4.78 is 0. The van der Waals surface area contributed by atoms with E-state index < -0.39 is 11.9 Å². The molecule has 0 heterocycles. The van der Waals surface area contributed by atoms with Gasteiger partial charge in [-0.25, -0.2) is 0 Å². The summed E-state index contributed by atoms with van der Waals surface area (Å²) in [4.78, 5) is 17.8. The molecule has 0 rings (SSSR count). The molecule has 13 heavy (non-hydrogen) atoms. The van der Waals surface area contributed by atoms with E-state index in [0.29, 0.717) is 0 Å². The zero-order valence-corrected chi connectivity index (χ0v) is 8.25. The van der Waals surface area contributed by atoms with Crippen LogP contribution in [0.5, 0.6) is 0 Å². The van der Waals surface area contributed by atoms with Gasteiger partial charge < -0.3 is 41.7 Å². The molecular formula is C4H18NiO8+4. The molecule has 8 nitrogen and oxygen atoms in total. The Bertz CT molecular complexity index is 74.1. The van der Waals surface area contributed by atoms with Crippen LogP contribution in [0, 0.1) is 0 Å². The van der Waals surface area contributed by atoms with Gasteiger partial charge in [0.1, 0.15) is 0 Å². The Kier molecular flexibility index (Phi) is 185. The van der Waals surface area contributed by atoms with Crippen molar-refractivity contribution in [2.24, 2.45) is 0 Å². The maximum absolute atomic E-state index is 8.89. The van der Waals surface area contributed by atoms with Crippen LogP contribution in [0.25, 0.3) is 0 Å². The minimum absolute atomic E-state index is 0. The molecule has 0 aromatic carbocycles. The second kappa shape index (κ2) is 42.8. The Labute approximate surface area is 84.7 Å². The van der Waals surface area contributed by atoms with Crippen molar-refractivity contribution in [1.82, 2.24) is 0 Å². The van der Waals surface area contributed by atoms with Gasteiger partial charge >= 0.3 is 16.5 Å². The quantitative estimate of drug-likeness (QED) is 0.304. The first-order chi connectivity index (χ1) is 3.46. The predicted octanol–water partition coefficient (Wildman–Crippen LogP) is -6.18. The van der Waals surface area contributed by atoms with E-state index in [2.05, 4.69) is 0 Å². The Balaban J connectivity index is -0.00000000800. The summed E-state index contributed by atoms with van der Waals surface area (Å²) >= 11 is 0. The van der Waals surface area contributed by atoms with E-state index in [9.17, 15) is 0 Å². The molecule has 0 radical (unpaired) electrons. The van der Waals surface area contributed by atoms with Gasteiger partial charge in [-0.05, 0) is 13.8 Å². The summed E-state index contributed by atoms with van der Waals surface area (Å²) in [5, 5.41) is 17.8. The van der Waals surface area contributed by atoms with Crippen LogP contribution in [0.1, 0.15) is 13.8 Å². The van der Waals surface area contributed by atoms with Crippen molar-refractivity contribution in [2.45, 2.75) is 13.8 Å². The van der Waals surface area contributed by atoms with Crippen LogP contribution in [0.3, 0.4) is 0 Å². The second-order valence-electron chi connectivity index (χ2n) is 0.983. The molecule has 0 aromatic rings. The fourth-order valence-electron chi connectivity index (χ4n) is 0. The van der Waals surface area contributed by atoms with Crippen molar-refractivity contribution in [1.29, 1.82) is 0 Å². The standard InChI is InChI=1S/2C2H4O2.Ni.4H2O/c2*1-2(3)4;;;;;/h2*1H3,(H,3,4);;4*1H2/q;;+2;;;;/p+2. The van der Waals surface area contributed by atoms with Crippen molar-refractivity contribution >= 4 is 11.9 Å². The summed E-state index contributed by atoms with van der Waals surface area (Å²) in [7, 11) is 0. The number of rotatable bonds is 0. The number of carbonyl (C=O) groups is 2. The zero-order chi connectivity index (χ0) is 7.15. The maximum Gasteiger partial charge on any atom is 2.00 e. The van der Waals surface area contributed by atoms with Gasteiger partial charge in [-0.1, -0.05) is 0 Å². The molecule has 0 unspecified atom stereocenters. The van der Waals surface area contributed by atoms with Gasteiger partial charge in [0.25, 0.3) is 0 Å². The van der Waals surface area contributed by atoms with Crippen LogP contribution in [0.2, 0.25) is 0 Å². The molecule has 12 N–H and O–H groups in total. The monoisotopic (exact) mass is 252 g/mol. The van der Waals surface area contributed by atoms with E-state index in [-0.39, 0.29) is 38.4 Å². The maximum atomic E-state index is 8.89. The Morgan fingerprint density at radius 2 is 0.769 bits per heavy atom. The van der Waals surface area contributed by atoms with E-state index >= 15 is 0 Å². The van der Waals surface area contributed by atoms with Crippen molar-refractivity contribution < 1.29 is 58.2 Å². The van der Waals surface area contributed by atoms with Gasteiger partial charge in [-0.15, -0.1) is 0 Å². The molecule has 9 heteroatoms. The molecule has 0 aliphatic carbocycles. The first kappa shape index (κ1) is 56.1. The summed E-state index contributed by atoms with van der Waals surface area (Å²) in [5.74, 6) is -2.17. The molecular weight excluding hydrogens is 235 g/mol. The van der Waals surface area contributed by atoms with Crippen LogP contribution in [0.4, 0.5) is 0 Å². The number of hydrogen-bond acceptors (Lipinski definition) is 4. The first-order valence-electron chi connectivity index (χ1n) is 1.82. The predicted molar refractivity (Wildman–Crippen MR) is 40.8 cm³/mol. The van der Waals surface area contributed by atoms with Crippen molar-refractivity contribution in [3.05, 3.63) is 0 Å². The second-order valence-corrected chi connectivity index (χ2v) is 0.983. The van der Waals surface area contributed by atoms with Crippen molar-refractivity contribution in [3.8, 4) is 0 Å². The third-order valence-corrected chi connectivity index (χ3v) is 0. The molecule has 88 valence electrons. The molecule has 0 amide bonds. The third-order valence-electron chi connectivity index (χ3n) is 0. The Morgan fingerprint density at radius 1 is 0.769 bits per heavy atom. The van der Waals surface area contributed by atoms with Crippen LogP contribution < -0.4 is 10.2 Å². The fraction of sp³-hybridized carbons (Fsp3) is 0.500. The van der Waals surface area contributed by atoms with Crippen LogP contribution >= 0.6 is 0 Å². The van der Waals surface area contributed by atoms with E-state index in [1.807, 2.05) is 0 Å². The number of carbonyl (C=O) groups excluding carboxylic acids is 2. The molecule has 0 aromatic heterocycles. The minimum atomic E-state index is -1.08. The number of carboxylic acid groups (broad SMARTS) is 2. The van der Waals surface area contributed by atoms with Gasteiger partial charge in [0.2, 0.25) is 0 Å². The van der Waals surface area contributed by atoms with E-state index in [0.717, 1.165) is 13.8 Å². The summed E-state index contributed by atoms with van der Waals surface area (Å²) in [6.45, 7) is 1.94. The Morgan fingerprint density at radius 3 is 0.769 bits per heavy atom. The molecule has 0 atom stereocenters.